The molecular formula is C19H24N4O2. The zero-order valence-corrected chi connectivity index (χ0v) is 14.8. The number of aryl methyl sites for hydroxylation is 1. The summed E-state index contributed by atoms with van der Waals surface area (Å²) in [5.74, 6) is 4.11. The van der Waals surface area contributed by atoms with Crippen molar-refractivity contribution in [3.8, 4) is 0 Å². The third kappa shape index (κ3) is 3.86. The van der Waals surface area contributed by atoms with Crippen LogP contribution in [0.3, 0.4) is 0 Å². The average Bonchev–Trinajstić information content (AvgIpc) is 3.28. The van der Waals surface area contributed by atoms with Crippen molar-refractivity contribution in [2.75, 3.05) is 13.6 Å². The van der Waals surface area contributed by atoms with Crippen molar-refractivity contribution in [1.29, 1.82) is 0 Å². The van der Waals surface area contributed by atoms with Gasteiger partial charge in [0.25, 0.3) is 0 Å². The van der Waals surface area contributed by atoms with Gasteiger partial charge in [-0.1, -0.05) is 0 Å². The largest absolute Gasteiger partial charge is 0.468 e. The maximum atomic E-state index is 5.70. The van der Waals surface area contributed by atoms with Crippen LogP contribution >= 0.6 is 0 Å². The first-order valence-corrected chi connectivity index (χ1v) is 8.69. The Morgan fingerprint density at radius 2 is 2.08 bits per heavy atom. The molecule has 0 spiro atoms. The molecule has 0 fully saturated rings. The Morgan fingerprint density at radius 1 is 1.16 bits per heavy atom. The Labute approximate surface area is 147 Å². The standard InChI is InChI=1S/C19H24N4O2/c1-15-5-6-18(25-15)13-22-7-8-23-11-16(20-19(23)14-22)10-21(2)12-17-4-3-9-24-17/h3-6,9,11H,7-8,10,12-14H2,1-2H3. The lowest BCUT2D eigenvalue weighted by atomic mass is 10.3. The van der Waals surface area contributed by atoms with E-state index in [0.717, 1.165) is 68.1 Å². The van der Waals surface area contributed by atoms with E-state index in [0.29, 0.717) is 0 Å². The summed E-state index contributed by atoms with van der Waals surface area (Å²) in [5.41, 5.74) is 1.11. The van der Waals surface area contributed by atoms with Crippen molar-refractivity contribution >= 4 is 0 Å². The number of imidazole rings is 1. The Bertz CT molecular complexity index is 818. The molecule has 3 aromatic rings. The molecule has 0 bridgehead atoms. The minimum Gasteiger partial charge on any atom is -0.468 e. The quantitative estimate of drug-likeness (QED) is 0.690. The molecule has 0 saturated carbocycles. The summed E-state index contributed by atoms with van der Waals surface area (Å²) >= 11 is 0. The molecule has 4 rings (SSSR count). The summed E-state index contributed by atoms with van der Waals surface area (Å²) in [6.07, 6.45) is 3.90. The fourth-order valence-electron chi connectivity index (χ4n) is 3.36. The summed E-state index contributed by atoms with van der Waals surface area (Å²) in [5, 5.41) is 0. The van der Waals surface area contributed by atoms with Crippen molar-refractivity contribution in [1.82, 2.24) is 19.4 Å². The van der Waals surface area contributed by atoms with Gasteiger partial charge in [-0.2, -0.15) is 0 Å². The molecule has 1 aliphatic rings. The molecule has 132 valence electrons. The fraction of sp³-hybridized carbons (Fsp3) is 0.421. The van der Waals surface area contributed by atoms with Crippen LogP contribution in [0.15, 0.2) is 45.6 Å². The molecule has 3 aromatic heterocycles. The van der Waals surface area contributed by atoms with Crippen LogP contribution in [0.5, 0.6) is 0 Å². The molecule has 0 atom stereocenters. The first-order valence-electron chi connectivity index (χ1n) is 8.69. The van der Waals surface area contributed by atoms with Gasteiger partial charge >= 0.3 is 0 Å². The number of aromatic nitrogens is 2. The first-order chi connectivity index (χ1) is 12.2. The van der Waals surface area contributed by atoms with Gasteiger partial charge in [0.1, 0.15) is 23.1 Å². The Hall–Kier alpha value is -2.31. The second-order valence-electron chi connectivity index (χ2n) is 6.82. The molecule has 0 amide bonds. The van der Waals surface area contributed by atoms with Crippen molar-refractivity contribution in [3.05, 3.63) is 65.5 Å². The van der Waals surface area contributed by atoms with E-state index in [2.05, 4.69) is 33.7 Å². The highest BCUT2D eigenvalue weighted by molar-refractivity contribution is 5.09. The van der Waals surface area contributed by atoms with Crippen LogP contribution in [0, 0.1) is 6.92 Å². The van der Waals surface area contributed by atoms with E-state index in [-0.39, 0.29) is 0 Å². The van der Waals surface area contributed by atoms with Gasteiger partial charge in [-0.05, 0) is 38.2 Å². The normalized spacial score (nSPS) is 15.0. The van der Waals surface area contributed by atoms with Gasteiger partial charge in [-0.15, -0.1) is 0 Å². The first kappa shape index (κ1) is 16.2. The molecule has 6 heteroatoms. The van der Waals surface area contributed by atoms with Crippen LogP contribution in [0.4, 0.5) is 0 Å². The van der Waals surface area contributed by atoms with Crippen molar-refractivity contribution in [3.63, 3.8) is 0 Å². The summed E-state index contributed by atoms with van der Waals surface area (Å²) in [6, 6.07) is 8.01. The maximum Gasteiger partial charge on any atom is 0.123 e. The second-order valence-corrected chi connectivity index (χ2v) is 6.82. The van der Waals surface area contributed by atoms with Crippen LogP contribution in [-0.2, 0) is 32.7 Å². The van der Waals surface area contributed by atoms with E-state index >= 15 is 0 Å². The number of rotatable bonds is 6. The summed E-state index contributed by atoms with van der Waals surface area (Å²) in [4.78, 5) is 9.44. The highest BCUT2D eigenvalue weighted by Gasteiger charge is 2.20. The molecule has 0 saturated heterocycles. The van der Waals surface area contributed by atoms with Crippen LogP contribution < -0.4 is 0 Å². The SMILES string of the molecule is Cc1ccc(CN2CCn3cc(CN(C)Cc4ccco4)nc3C2)o1. The van der Waals surface area contributed by atoms with Gasteiger partial charge in [0, 0.05) is 25.8 Å². The van der Waals surface area contributed by atoms with E-state index in [1.807, 2.05) is 25.1 Å². The fourth-order valence-corrected chi connectivity index (χ4v) is 3.36. The number of hydrogen-bond donors (Lipinski definition) is 0. The lowest BCUT2D eigenvalue weighted by Gasteiger charge is -2.26. The van der Waals surface area contributed by atoms with Gasteiger partial charge in [-0.25, -0.2) is 4.98 Å². The minimum absolute atomic E-state index is 0.791. The molecule has 0 radical (unpaired) electrons. The lowest BCUT2D eigenvalue weighted by molar-refractivity contribution is 0.193. The van der Waals surface area contributed by atoms with Gasteiger partial charge in [-0.3, -0.25) is 9.80 Å². The van der Waals surface area contributed by atoms with Crippen molar-refractivity contribution in [2.24, 2.45) is 0 Å². The molecule has 25 heavy (non-hydrogen) atoms. The highest BCUT2D eigenvalue weighted by atomic mass is 16.3. The van der Waals surface area contributed by atoms with Gasteiger partial charge in [0.05, 0.1) is 31.6 Å². The Balaban J connectivity index is 1.36. The van der Waals surface area contributed by atoms with E-state index in [1.54, 1.807) is 6.26 Å². The summed E-state index contributed by atoms with van der Waals surface area (Å²) in [7, 11) is 2.09. The predicted molar refractivity (Wildman–Crippen MR) is 93.7 cm³/mol. The van der Waals surface area contributed by atoms with E-state index < -0.39 is 0 Å². The molecular weight excluding hydrogens is 316 g/mol. The molecule has 0 unspecified atom stereocenters. The van der Waals surface area contributed by atoms with Crippen LogP contribution in [0.1, 0.15) is 28.8 Å². The minimum atomic E-state index is 0.791. The number of furan rings is 2. The lowest BCUT2D eigenvalue weighted by Crippen LogP contribution is -2.33. The van der Waals surface area contributed by atoms with E-state index in [1.165, 1.54) is 0 Å². The molecule has 6 nitrogen and oxygen atoms in total. The van der Waals surface area contributed by atoms with Crippen LogP contribution in [-0.4, -0.2) is 32.9 Å². The smallest absolute Gasteiger partial charge is 0.123 e. The Kier molecular flexibility index (Phi) is 4.46. The van der Waals surface area contributed by atoms with Gasteiger partial charge in [0.2, 0.25) is 0 Å². The molecule has 0 aromatic carbocycles. The zero-order chi connectivity index (χ0) is 17.2. The average molecular weight is 340 g/mol. The molecule has 0 N–H and O–H groups in total. The number of fused-ring (bicyclic) bond motifs is 1. The van der Waals surface area contributed by atoms with Crippen molar-refractivity contribution in [2.45, 2.75) is 39.6 Å². The Morgan fingerprint density at radius 3 is 2.84 bits per heavy atom. The predicted octanol–water partition coefficient (Wildman–Crippen LogP) is 3.03. The maximum absolute atomic E-state index is 5.70. The second kappa shape index (κ2) is 6.90. The molecule has 0 aliphatic carbocycles. The molecule has 1 aliphatic heterocycles. The highest BCUT2D eigenvalue weighted by Crippen LogP contribution is 2.18. The monoisotopic (exact) mass is 340 g/mol. The number of hydrogen-bond acceptors (Lipinski definition) is 5. The van der Waals surface area contributed by atoms with Crippen LogP contribution in [0.25, 0.3) is 0 Å². The van der Waals surface area contributed by atoms with E-state index in [9.17, 15) is 0 Å². The summed E-state index contributed by atoms with van der Waals surface area (Å²) < 4.78 is 13.4. The van der Waals surface area contributed by atoms with Crippen LogP contribution in [0.2, 0.25) is 0 Å². The molecule has 4 heterocycles. The third-order valence-corrected chi connectivity index (χ3v) is 4.54. The van der Waals surface area contributed by atoms with Crippen molar-refractivity contribution < 1.29 is 8.83 Å². The van der Waals surface area contributed by atoms with E-state index in [4.69, 9.17) is 13.8 Å². The number of nitrogens with zero attached hydrogens (tertiary/aromatic N) is 4. The third-order valence-electron chi connectivity index (χ3n) is 4.54. The van der Waals surface area contributed by atoms with Gasteiger partial charge in [0.15, 0.2) is 0 Å². The topological polar surface area (TPSA) is 50.6 Å². The zero-order valence-electron chi connectivity index (χ0n) is 14.8. The van der Waals surface area contributed by atoms with Gasteiger partial charge < -0.3 is 13.4 Å². The summed E-state index contributed by atoms with van der Waals surface area (Å²) in [6.45, 7) is 7.29.